The summed E-state index contributed by atoms with van der Waals surface area (Å²) >= 11 is 1.43. The van der Waals surface area contributed by atoms with Crippen LogP contribution in [0.1, 0.15) is 18.9 Å². The highest BCUT2D eigenvalue weighted by molar-refractivity contribution is 7.99. The zero-order valence-corrected chi connectivity index (χ0v) is 14.9. The summed E-state index contributed by atoms with van der Waals surface area (Å²) in [5, 5.41) is 2.72. The lowest BCUT2D eigenvalue weighted by Gasteiger charge is -2.13. The summed E-state index contributed by atoms with van der Waals surface area (Å²) in [7, 11) is 0. The minimum Gasteiger partial charge on any atom is -0.453 e. The van der Waals surface area contributed by atoms with Gasteiger partial charge in [-0.3, -0.25) is 9.59 Å². The van der Waals surface area contributed by atoms with E-state index in [2.05, 4.69) is 5.32 Å². The minimum atomic E-state index is -0.871. The lowest BCUT2D eigenvalue weighted by molar-refractivity contribution is -0.152. The molecule has 0 fully saturated rings. The fourth-order valence-corrected chi connectivity index (χ4v) is 2.89. The number of carbonyl (C=O) groups is 2. The van der Waals surface area contributed by atoms with Crippen LogP contribution in [0, 0.1) is 12.7 Å². The predicted octanol–water partition coefficient (Wildman–Crippen LogP) is 4.19. The molecular formula is C19H20FNO3S. The van der Waals surface area contributed by atoms with E-state index in [-0.39, 0.29) is 18.1 Å². The number of aryl methyl sites for hydroxylation is 1. The van der Waals surface area contributed by atoms with Crippen molar-refractivity contribution in [3.8, 4) is 0 Å². The number of nitrogens with one attached hydrogen (secondary N) is 1. The van der Waals surface area contributed by atoms with E-state index in [9.17, 15) is 14.0 Å². The summed E-state index contributed by atoms with van der Waals surface area (Å²) < 4.78 is 18.0. The standard InChI is InChI=1S/C19H20FNO3S/c1-13-4-3-5-16(12-13)21-19(23)14(2)24-18(22)10-11-25-17-8-6-15(20)7-9-17/h3-9,12,14H,10-11H2,1-2H3,(H,21,23). The molecule has 0 saturated heterocycles. The molecule has 132 valence electrons. The van der Waals surface area contributed by atoms with E-state index in [1.54, 1.807) is 18.2 Å². The van der Waals surface area contributed by atoms with Gasteiger partial charge in [-0.05, 0) is 55.8 Å². The number of hydrogen-bond donors (Lipinski definition) is 1. The molecule has 2 aromatic carbocycles. The molecule has 1 atom stereocenters. The maximum atomic E-state index is 12.8. The van der Waals surface area contributed by atoms with Crippen molar-refractivity contribution in [1.82, 2.24) is 0 Å². The van der Waals surface area contributed by atoms with Crippen molar-refractivity contribution in [1.29, 1.82) is 0 Å². The van der Waals surface area contributed by atoms with Crippen LogP contribution < -0.4 is 5.32 Å². The van der Waals surface area contributed by atoms with Crippen molar-refractivity contribution in [3.63, 3.8) is 0 Å². The summed E-state index contributed by atoms with van der Waals surface area (Å²) in [5.74, 6) is -0.611. The summed E-state index contributed by atoms with van der Waals surface area (Å²) in [6.07, 6.45) is -0.701. The molecule has 1 N–H and O–H groups in total. The number of ether oxygens (including phenoxy) is 1. The van der Waals surface area contributed by atoms with Gasteiger partial charge >= 0.3 is 5.97 Å². The Hall–Kier alpha value is -2.34. The van der Waals surface area contributed by atoms with Crippen molar-refractivity contribution in [2.75, 3.05) is 11.1 Å². The van der Waals surface area contributed by atoms with Gasteiger partial charge in [0.1, 0.15) is 5.82 Å². The Morgan fingerprint density at radius 1 is 1.20 bits per heavy atom. The molecule has 1 amide bonds. The SMILES string of the molecule is Cc1cccc(NC(=O)C(C)OC(=O)CCSc2ccc(F)cc2)c1. The van der Waals surface area contributed by atoms with E-state index in [4.69, 9.17) is 4.74 Å². The number of benzene rings is 2. The first-order chi connectivity index (χ1) is 11.9. The zero-order chi connectivity index (χ0) is 18.2. The first-order valence-corrected chi connectivity index (χ1v) is 8.88. The number of amides is 1. The highest BCUT2D eigenvalue weighted by Gasteiger charge is 2.17. The number of thioether (sulfide) groups is 1. The molecule has 0 saturated carbocycles. The molecule has 4 nitrogen and oxygen atoms in total. The Kier molecular flexibility index (Phi) is 7.01. The molecule has 0 heterocycles. The van der Waals surface area contributed by atoms with Crippen LogP contribution in [0.25, 0.3) is 0 Å². The average molecular weight is 361 g/mol. The number of carbonyl (C=O) groups excluding carboxylic acids is 2. The fraction of sp³-hybridized carbons (Fsp3) is 0.263. The van der Waals surface area contributed by atoms with Gasteiger partial charge in [-0.1, -0.05) is 12.1 Å². The third-order valence-corrected chi connectivity index (χ3v) is 4.37. The first kappa shape index (κ1) is 19.0. The van der Waals surface area contributed by atoms with Gasteiger partial charge in [-0.25, -0.2) is 4.39 Å². The molecule has 2 aromatic rings. The molecule has 0 radical (unpaired) electrons. The van der Waals surface area contributed by atoms with Crippen molar-refractivity contribution in [2.24, 2.45) is 0 Å². The Morgan fingerprint density at radius 2 is 1.92 bits per heavy atom. The van der Waals surface area contributed by atoms with Crippen LogP contribution in [0.2, 0.25) is 0 Å². The maximum Gasteiger partial charge on any atom is 0.307 e. The van der Waals surface area contributed by atoms with Crippen LogP contribution in [-0.2, 0) is 14.3 Å². The highest BCUT2D eigenvalue weighted by atomic mass is 32.2. The second kappa shape index (κ2) is 9.22. The van der Waals surface area contributed by atoms with Crippen LogP contribution >= 0.6 is 11.8 Å². The fourth-order valence-electron chi connectivity index (χ4n) is 2.06. The monoisotopic (exact) mass is 361 g/mol. The molecule has 1 unspecified atom stereocenters. The third kappa shape index (κ3) is 6.58. The van der Waals surface area contributed by atoms with Crippen molar-refractivity contribution < 1.29 is 18.7 Å². The van der Waals surface area contributed by atoms with E-state index in [0.29, 0.717) is 11.4 Å². The summed E-state index contributed by atoms with van der Waals surface area (Å²) in [5.41, 5.74) is 1.69. The highest BCUT2D eigenvalue weighted by Crippen LogP contribution is 2.19. The average Bonchev–Trinajstić information content (AvgIpc) is 2.56. The molecular weight excluding hydrogens is 341 g/mol. The predicted molar refractivity (Wildman–Crippen MR) is 97.1 cm³/mol. The quantitative estimate of drug-likeness (QED) is 0.594. The number of hydrogen-bond acceptors (Lipinski definition) is 4. The molecule has 0 spiro atoms. The van der Waals surface area contributed by atoms with E-state index in [0.717, 1.165) is 10.5 Å². The third-order valence-electron chi connectivity index (χ3n) is 3.35. The minimum absolute atomic E-state index is 0.171. The van der Waals surface area contributed by atoms with Gasteiger partial charge in [0.15, 0.2) is 6.10 Å². The Bertz CT molecular complexity index is 734. The van der Waals surface area contributed by atoms with Gasteiger partial charge in [0.2, 0.25) is 0 Å². The number of esters is 1. The van der Waals surface area contributed by atoms with Crippen LogP contribution in [0.4, 0.5) is 10.1 Å². The van der Waals surface area contributed by atoms with Crippen LogP contribution in [0.3, 0.4) is 0 Å². The molecule has 0 aliphatic rings. The van der Waals surface area contributed by atoms with Crippen LogP contribution in [0.15, 0.2) is 53.4 Å². The normalized spacial score (nSPS) is 11.6. The molecule has 25 heavy (non-hydrogen) atoms. The van der Waals surface area contributed by atoms with E-state index in [1.165, 1.54) is 30.8 Å². The largest absolute Gasteiger partial charge is 0.453 e. The molecule has 0 aliphatic carbocycles. The van der Waals surface area contributed by atoms with Gasteiger partial charge in [0, 0.05) is 16.3 Å². The Labute approximate surface area is 150 Å². The lowest BCUT2D eigenvalue weighted by Crippen LogP contribution is -2.30. The lowest BCUT2D eigenvalue weighted by atomic mass is 10.2. The number of anilines is 1. The van der Waals surface area contributed by atoms with E-state index >= 15 is 0 Å². The van der Waals surface area contributed by atoms with Crippen molar-refractivity contribution >= 4 is 29.3 Å². The summed E-state index contributed by atoms with van der Waals surface area (Å²) in [4.78, 5) is 24.8. The van der Waals surface area contributed by atoms with Gasteiger partial charge in [0.25, 0.3) is 5.91 Å². The van der Waals surface area contributed by atoms with Gasteiger partial charge in [0.05, 0.1) is 6.42 Å². The van der Waals surface area contributed by atoms with E-state index in [1.807, 2.05) is 25.1 Å². The molecule has 0 aliphatic heterocycles. The van der Waals surface area contributed by atoms with Gasteiger partial charge in [-0.2, -0.15) is 0 Å². The van der Waals surface area contributed by atoms with Gasteiger partial charge < -0.3 is 10.1 Å². The summed E-state index contributed by atoms with van der Waals surface area (Å²) in [6.45, 7) is 3.47. The first-order valence-electron chi connectivity index (χ1n) is 7.89. The molecule has 0 bridgehead atoms. The zero-order valence-electron chi connectivity index (χ0n) is 14.1. The second-order valence-corrected chi connectivity index (χ2v) is 6.71. The van der Waals surface area contributed by atoms with Gasteiger partial charge in [-0.15, -0.1) is 11.8 Å². The molecule has 0 aromatic heterocycles. The second-order valence-electron chi connectivity index (χ2n) is 5.54. The number of rotatable bonds is 7. The Morgan fingerprint density at radius 3 is 2.60 bits per heavy atom. The van der Waals surface area contributed by atoms with Crippen LogP contribution in [0.5, 0.6) is 0 Å². The Balaban J connectivity index is 1.73. The molecule has 6 heteroatoms. The number of halogens is 1. The maximum absolute atomic E-state index is 12.8. The summed E-state index contributed by atoms with van der Waals surface area (Å²) in [6, 6.07) is 13.4. The smallest absolute Gasteiger partial charge is 0.307 e. The molecule has 2 rings (SSSR count). The van der Waals surface area contributed by atoms with Crippen LogP contribution in [-0.4, -0.2) is 23.7 Å². The van der Waals surface area contributed by atoms with Crippen molar-refractivity contribution in [3.05, 3.63) is 59.9 Å². The van der Waals surface area contributed by atoms with Crippen molar-refractivity contribution in [2.45, 2.75) is 31.3 Å². The topological polar surface area (TPSA) is 55.4 Å². The van der Waals surface area contributed by atoms with E-state index < -0.39 is 12.1 Å².